The van der Waals surface area contributed by atoms with Crippen molar-refractivity contribution in [1.29, 1.82) is 0 Å². The minimum atomic E-state index is 0.266. The molecule has 0 bridgehead atoms. The largest absolute Gasteiger partial charge is 0.440 e. The van der Waals surface area contributed by atoms with Crippen LogP contribution < -0.4 is 5.32 Å². The Balaban J connectivity index is 1.77. The van der Waals surface area contributed by atoms with E-state index in [1.807, 2.05) is 18.2 Å². The number of ether oxygens (including phenoxy) is 1. The quantitative estimate of drug-likeness (QED) is 0.915. The first-order valence-corrected chi connectivity index (χ1v) is 6.78. The predicted molar refractivity (Wildman–Crippen MR) is 75.5 cm³/mol. The van der Waals surface area contributed by atoms with Crippen LogP contribution in [0.5, 0.6) is 0 Å². The van der Waals surface area contributed by atoms with Gasteiger partial charge < -0.3 is 14.5 Å². The van der Waals surface area contributed by atoms with Crippen molar-refractivity contribution in [3.63, 3.8) is 0 Å². The van der Waals surface area contributed by atoms with Gasteiger partial charge in [-0.3, -0.25) is 0 Å². The van der Waals surface area contributed by atoms with Crippen LogP contribution >= 0.6 is 0 Å². The van der Waals surface area contributed by atoms with Gasteiger partial charge >= 0.3 is 0 Å². The zero-order valence-electron chi connectivity index (χ0n) is 11.7. The number of nitrogens with zero attached hydrogens (tertiary/aromatic N) is 1. The molecule has 1 fully saturated rings. The molecule has 102 valence electrons. The molecule has 0 spiro atoms. The highest BCUT2D eigenvalue weighted by Gasteiger charge is 2.32. The van der Waals surface area contributed by atoms with E-state index in [2.05, 4.69) is 31.1 Å². The van der Waals surface area contributed by atoms with Crippen molar-refractivity contribution in [2.75, 3.05) is 25.1 Å². The van der Waals surface area contributed by atoms with Gasteiger partial charge in [-0.05, 0) is 18.2 Å². The van der Waals surface area contributed by atoms with Gasteiger partial charge in [-0.1, -0.05) is 20.8 Å². The maximum Gasteiger partial charge on any atom is 0.198 e. The van der Waals surface area contributed by atoms with Gasteiger partial charge in [0, 0.05) is 23.6 Å². The summed E-state index contributed by atoms with van der Waals surface area (Å²) in [4.78, 5) is 4.52. The summed E-state index contributed by atoms with van der Waals surface area (Å²) in [5, 5.41) is 3.46. The van der Waals surface area contributed by atoms with Gasteiger partial charge in [0.25, 0.3) is 0 Å². The zero-order valence-corrected chi connectivity index (χ0v) is 11.7. The first-order valence-electron chi connectivity index (χ1n) is 6.78. The summed E-state index contributed by atoms with van der Waals surface area (Å²) in [7, 11) is 0. The van der Waals surface area contributed by atoms with Crippen molar-refractivity contribution in [3.8, 4) is 0 Å². The van der Waals surface area contributed by atoms with Gasteiger partial charge in [-0.25, -0.2) is 4.98 Å². The van der Waals surface area contributed by atoms with Gasteiger partial charge in [0.1, 0.15) is 5.52 Å². The number of oxazole rings is 1. The molecule has 1 aromatic carbocycles. The smallest absolute Gasteiger partial charge is 0.198 e. The molecule has 0 radical (unpaired) electrons. The summed E-state index contributed by atoms with van der Waals surface area (Å²) < 4.78 is 11.0. The number of hydrogen-bond donors (Lipinski definition) is 1. The standard InChI is InChI=1S/C15H20N2O2/c1-10(2)14-17-12-6-11(4-5-13(12)19-14)16-7-15(3)8-18-9-15/h4-6,10,16H,7-9H2,1-3H3. The van der Waals surface area contributed by atoms with Crippen molar-refractivity contribution < 1.29 is 9.15 Å². The van der Waals surface area contributed by atoms with Crippen molar-refractivity contribution in [3.05, 3.63) is 24.1 Å². The minimum Gasteiger partial charge on any atom is -0.440 e. The van der Waals surface area contributed by atoms with E-state index in [4.69, 9.17) is 9.15 Å². The van der Waals surface area contributed by atoms with Crippen molar-refractivity contribution in [2.24, 2.45) is 5.41 Å². The molecule has 2 aromatic rings. The van der Waals surface area contributed by atoms with Crippen LogP contribution in [0.2, 0.25) is 0 Å². The zero-order chi connectivity index (χ0) is 13.5. The molecule has 1 aliphatic heterocycles. The lowest BCUT2D eigenvalue weighted by molar-refractivity contribution is -0.0924. The van der Waals surface area contributed by atoms with E-state index in [9.17, 15) is 0 Å². The van der Waals surface area contributed by atoms with E-state index in [0.717, 1.165) is 42.4 Å². The molecule has 0 amide bonds. The molecule has 19 heavy (non-hydrogen) atoms. The third kappa shape index (κ3) is 2.45. The Kier molecular flexibility index (Phi) is 2.97. The minimum absolute atomic E-state index is 0.266. The normalized spacial score (nSPS) is 17.7. The molecule has 4 nitrogen and oxygen atoms in total. The molecule has 1 aliphatic rings. The van der Waals surface area contributed by atoms with E-state index in [1.54, 1.807) is 0 Å². The number of nitrogens with one attached hydrogen (secondary N) is 1. The van der Waals surface area contributed by atoms with Crippen LogP contribution in [0, 0.1) is 5.41 Å². The summed E-state index contributed by atoms with van der Waals surface area (Å²) in [6.45, 7) is 9.00. The summed E-state index contributed by atoms with van der Waals surface area (Å²) in [5.41, 5.74) is 3.13. The number of aromatic nitrogens is 1. The molecular weight excluding hydrogens is 240 g/mol. The number of benzene rings is 1. The van der Waals surface area contributed by atoms with Gasteiger partial charge in [0.15, 0.2) is 11.5 Å². The number of fused-ring (bicyclic) bond motifs is 1. The lowest BCUT2D eigenvalue weighted by Gasteiger charge is -2.38. The molecular formula is C15H20N2O2. The first-order chi connectivity index (χ1) is 9.06. The van der Waals surface area contributed by atoms with E-state index < -0.39 is 0 Å². The maximum absolute atomic E-state index is 5.70. The van der Waals surface area contributed by atoms with E-state index in [1.165, 1.54) is 0 Å². The fourth-order valence-corrected chi connectivity index (χ4v) is 2.17. The van der Waals surface area contributed by atoms with Gasteiger partial charge in [0.2, 0.25) is 0 Å². The summed E-state index contributed by atoms with van der Waals surface area (Å²) in [6, 6.07) is 6.07. The van der Waals surface area contributed by atoms with Crippen molar-refractivity contribution in [2.45, 2.75) is 26.7 Å². The van der Waals surface area contributed by atoms with Crippen LogP contribution in [-0.2, 0) is 4.74 Å². The van der Waals surface area contributed by atoms with E-state index in [0.29, 0.717) is 5.92 Å². The van der Waals surface area contributed by atoms with Crippen molar-refractivity contribution >= 4 is 16.8 Å². The molecule has 0 aliphatic carbocycles. The second-order valence-corrected chi connectivity index (χ2v) is 6.05. The SMILES string of the molecule is CC(C)c1nc2cc(NCC3(C)COC3)ccc2o1. The molecule has 0 saturated carbocycles. The lowest BCUT2D eigenvalue weighted by atomic mass is 9.89. The Labute approximate surface area is 113 Å². The highest BCUT2D eigenvalue weighted by atomic mass is 16.5. The molecule has 1 aromatic heterocycles. The molecule has 0 unspecified atom stereocenters. The Hall–Kier alpha value is -1.55. The third-order valence-corrected chi connectivity index (χ3v) is 3.52. The lowest BCUT2D eigenvalue weighted by Crippen LogP contribution is -2.45. The molecule has 4 heteroatoms. The van der Waals surface area contributed by atoms with E-state index >= 15 is 0 Å². The summed E-state index contributed by atoms with van der Waals surface area (Å²) in [5.74, 6) is 1.11. The number of rotatable bonds is 4. The topological polar surface area (TPSA) is 47.3 Å². The molecule has 1 saturated heterocycles. The Morgan fingerprint density at radius 3 is 2.79 bits per heavy atom. The second kappa shape index (κ2) is 4.53. The van der Waals surface area contributed by atoms with Gasteiger partial charge in [-0.2, -0.15) is 0 Å². The Bertz CT molecular complexity index is 585. The first kappa shape index (κ1) is 12.5. The van der Waals surface area contributed by atoms with Crippen molar-refractivity contribution in [1.82, 2.24) is 4.98 Å². The van der Waals surface area contributed by atoms with Gasteiger partial charge in [-0.15, -0.1) is 0 Å². The predicted octanol–water partition coefficient (Wildman–Crippen LogP) is 3.40. The number of hydrogen-bond acceptors (Lipinski definition) is 4. The molecule has 1 N–H and O–H groups in total. The van der Waals surface area contributed by atoms with Crippen LogP contribution in [0.15, 0.2) is 22.6 Å². The van der Waals surface area contributed by atoms with E-state index in [-0.39, 0.29) is 5.41 Å². The fourth-order valence-electron chi connectivity index (χ4n) is 2.17. The average molecular weight is 260 g/mol. The molecule has 0 atom stereocenters. The number of anilines is 1. The fraction of sp³-hybridized carbons (Fsp3) is 0.533. The van der Waals surface area contributed by atoms with Crippen LogP contribution in [0.25, 0.3) is 11.1 Å². The highest BCUT2D eigenvalue weighted by molar-refractivity contribution is 5.77. The third-order valence-electron chi connectivity index (χ3n) is 3.52. The van der Waals surface area contributed by atoms with Crippen LogP contribution in [-0.4, -0.2) is 24.7 Å². The second-order valence-electron chi connectivity index (χ2n) is 6.05. The van der Waals surface area contributed by atoms with Crippen LogP contribution in [0.1, 0.15) is 32.6 Å². The average Bonchev–Trinajstić information content (AvgIpc) is 2.77. The van der Waals surface area contributed by atoms with Crippen LogP contribution in [0.4, 0.5) is 5.69 Å². The van der Waals surface area contributed by atoms with Gasteiger partial charge in [0.05, 0.1) is 13.2 Å². The maximum atomic E-state index is 5.70. The van der Waals surface area contributed by atoms with Crippen LogP contribution in [0.3, 0.4) is 0 Å². The Morgan fingerprint density at radius 2 is 2.16 bits per heavy atom. The highest BCUT2D eigenvalue weighted by Crippen LogP contribution is 2.28. The molecule has 2 heterocycles. The summed E-state index contributed by atoms with van der Waals surface area (Å²) >= 11 is 0. The molecule has 3 rings (SSSR count). The Morgan fingerprint density at radius 1 is 1.37 bits per heavy atom. The monoisotopic (exact) mass is 260 g/mol. The summed E-state index contributed by atoms with van der Waals surface area (Å²) in [6.07, 6.45) is 0.